The van der Waals surface area contributed by atoms with Crippen LogP contribution >= 0.6 is 0 Å². The molecule has 2 amide bonds. The average Bonchev–Trinajstić information content (AvgIpc) is 2.72. The number of fused-ring (bicyclic) bond motifs is 1. The molecule has 0 aliphatic heterocycles. The lowest BCUT2D eigenvalue weighted by Crippen LogP contribution is -2.31. The summed E-state index contributed by atoms with van der Waals surface area (Å²) in [4.78, 5) is 36.9. The minimum atomic E-state index is -4.89. The Morgan fingerprint density at radius 3 is 2.27 bits per heavy atom. The molecule has 0 aliphatic rings. The number of aromatic nitrogens is 1. The molecule has 6 nitrogen and oxygen atoms in total. The maximum absolute atomic E-state index is 14.4. The number of nitrogens with one attached hydrogen (secondary N) is 1. The van der Waals surface area contributed by atoms with Crippen LogP contribution in [0.5, 0.6) is 0 Å². The monoisotopic (exact) mass is 465 g/mol. The van der Waals surface area contributed by atoms with E-state index >= 15 is 0 Å². The van der Waals surface area contributed by atoms with Crippen LogP contribution in [0.4, 0.5) is 23.2 Å². The molecule has 33 heavy (non-hydrogen) atoms. The second-order valence-electron chi connectivity index (χ2n) is 7.29. The van der Waals surface area contributed by atoms with E-state index in [4.69, 9.17) is 5.73 Å². The molecule has 0 saturated heterocycles. The molecule has 1 unspecified atom stereocenters. The summed E-state index contributed by atoms with van der Waals surface area (Å²) in [6.45, 7) is 2.74. The maximum atomic E-state index is 14.4. The molecular weight excluding hydrogens is 442 g/mol. The fourth-order valence-electron chi connectivity index (χ4n) is 3.33. The molecule has 1 heterocycles. The maximum Gasteiger partial charge on any atom is 0.419 e. The summed E-state index contributed by atoms with van der Waals surface area (Å²) in [6, 6.07) is 7.84. The molecule has 0 spiro atoms. The third kappa shape index (κ3) is 4.89. The van der Waals surface area contributed by atoms with Crippen molar-refractivity contribution in [1.82, 2.24) is 4.57 Å². The number of amides is 2. The fourth-order valence-corrected chi connectivity index (χ4v) is 3.33. The summed E-state index contributed by atoms with van der Waals surface area (Å²) < 4.78 is 54.5. The van der Waals surface area contributed by atoms with Crippen molar-refractivity contribution in [1.29, 1.82) is 0 Å². The summed E-state index contributed by atoms with van der Waals surface area (Å²) in [6.07, 6.45) is -3.54. The van der Waals surface area contributed by atoms with Crippen LogP contribution in [-0.2, 0) is 15.8 Å². The number of alkyl halides is 3. The molecule has 176 valence electrons. The van der Waals surface area contributed by atoms with Gasteiger partial charge in [-0.05, 0) is 38.1 Å². The van der Waals surface area contributed by atoms with E-state index in [0.29, 0.717) is 11.5 Å². The van der Waals surface area contributed by atoms with Gasteiger partial charge >= 0.3 is 6.18 Å². The Morgan fingerprint density at radius 2 is 1.67 bits per heavy atom. The van der Waals surface area contributed by atoms with E-state index in [1.54, 1.807) is 0 Å². The number of hydrogen-bond donors (Lipinski definition) is 2. The van der Waals surface area contributed by atoms with Crippen molar-refractivity contribution in [3.8, 4) is 0 Å². The predicted octanol–water partition coefficient (Wildman–Crippen LogP) is 4.58. The van der Waals surface area contributed by atoms with E-state index in [2.05, 4.69) is 5.32 Å². The van der Waals surface area contributed by atoms with Gasteiger partial charge in [-0.25, -0.2) is 4.39 Å². The first-order chi connectivity index (χ1) is 14.9. The lowest BCUT2D eigenvalue weighted by Gasteiger charge is -2.17. The molecule has 10 heteroatoms. The average molecular weight is 465 g/mol. The van der Waals surface area contributed by atoms with Crippen LogP contribution < -0.4 is 16.6 Å². The molecular formula is C23H23F4N3O3. The molecule has 3 N–H and O–H groups in total. The highest BCUT2D eigenvalue weighted by atomic mass is 19.4. The molecule has 0 bridgehead atoms. The van der Waals surface area contributed by atoms with Gasteiger partial charge in [0.25, 0.3) is 5.56 Å². The lowest BCUT2D eigenvalue weighted by atomic mass is 9.96. The summed E-state index contributed by atoms with van der Waals surface area (Å²) in [5, 5.41) is 3.07. The minimum absolute atomic E-state index is 0. The number of carbonyl (C=O) groups excluding carboxylic acids is 2. The van der Waals surface area contributed by atoms with Gasteiger partial charge in [0.2, 0.25) is 11.8 Å². The molecule has 0 fully saturated rings. The molecule has 2 aromatic carbocycles. The number of hydrogen-bond acceptors (Lipinski definition) is 3. The van der Waals surface area contributed by atoms with Gasteiger partial charge in [-0.1, -0.05) is 25.6 Å². The number of nitrogens with zero attached hydrogens (tertiary/aromatic N) is 1. The van der Waals surface area contributed by atoms with Gasteiger partial charge in [-0.2, -0.15) is 13.2 Å². The Kier molecular flexibility index (Phi) is 7.31. The van der Waals surface area contributed by atoms with Crippen LogP contribution in [0.1, 0.15) is 44.4 Å². The number of carbonyl (C=O) groups is 2. The lowest BCUT2D eigenvalue weighted by molar-refractivity contribution is -0.140. The van der Waals surface area contributed by atoms with Crippen LogP contribution in [0.2, 0.25) is 0 Å². The first-order valence-corrected chi connectivity index (χ1v) is 9.53. The van der Waals surface area contributed by atoms with Crippen molar-refractivity contribution >= 4 is 28.3 Å². The van der Waals surface area contributed by atoms with Gasteiger partial charge in [-0.3, -0.25) is 14.4 Å². The van der Waals surface area contributed by atoms with E-state index < -0.39 is 52.5 Å². The Morgan fingerprint density at radius 1 is 1.03 bits per heavy atom. The van der Waals surface area contributed by atoms with Crippen molar-refractivity contribution in [3.05, 3.63) is 76.0 Å². The van der Waals surface area contributed by atoms with Gasteiger partial charge < -0.3 is 15.6 Å². The third-order valence-electron chi connectivity index (χ3n) is 5.25. The Labute approximate surface area is 187 Å². The van der Waals surface area contributed by atoms with Crippen molar-refractivity contribution in [2.24, 2.45) is 5.73 Å². The van der Waals surface area contributed by atoms with E-state index in [0.717, 1.165) is 16.7 Å². The Balaban J connectivity index is 0.00000385. The normalized spacial score (nSPS) is 13.2. The van der Waals surface area contributed by atoms with E-state index in [1.165, 1.54) is 44.3 Å². The Hall–Kier alpha value is -3.69. The summed E-state index contributed by atoms with van der Waals surface area (Å²) in [5.41, 5.74) is 3.10. The topological polar surface area (TPSA) is 94.2 Å². The number of primary amides is 1. The van der Waals surface area contributed by atoms with Crippen molar-refractivity contribution in [2.75, 3.05) is 5.32 Å². The quantitative estimate of drug-likeness (QED) is 0.540. The van der Waals surface area contributed by atoms with Gasteiger partial charge in [0.1, 0.15) is 11.9 Å². The third-order valence-corrected chi connectivity index (χ3v) is 5.25. The number of halogens is 4. The fraction of sp³-hybridized carbons (Fsp3) is 0.261. The molecule has 0 aliphatic carbocycles. The highest BCUT2D eigenvalue weighted by molar-refractivity contribution is 6.04. The van der Waals surface area contributed by atoms with Crippen LogP contribution in [0.25, 0.3) is 10.8 Å². The van der Waals surface area contributed by atoms with E-state index in [1.807, 2.05) is 0 Å². The largest absolute Gasteiger partial charge is 0.419 e. The summed E-state index contributed by atoms with van der Waals surface area (Å²) >= 11 is 0. The number of pyridine rings is 1. The second kappa shape index (κ2) is 9.43. The zero-order valence-corrected chi connectivity index (χ0v) is 17.0. The molecule has 1 aromatic heterocycles. The highest BCUT2D eigenvalue weighted by Crippen LogP contribution is 2.34. The van der Waals surface area contributed by atoms with Crippen LogP contribution in [-0.4, -0.2) is 16.4 Å². The zero-order chi connectivity index (χ0) is 23.8. The zero-order valence-electron chi connectivity index (χ0n) is 17.0. The molecule has 2 atom stereocenters. The standard InChI is InChI=1S/C22H19F4N3O3.CH4/c1-11(13-5-3-7-16(18(13)23)22(24,25)26)20(31)28-17-8-4-6-15-14(17)9-10-29(21(15)32)12(2)19(27)30;/h3-12H,1-2H3,(H2,27,30)(H,28,31);1H4/t11?,12-;/m0./s1. The van der Waals surface area contributed by atoms with Crippen LogP contribution in [0, 0.1) is 5.82 Å². The molecule has 0 saturated carbocycles. The van der Waals surface area contributed by atoms with Crippen LogP contribution in [0.15, 0.2) is 53.5 Å². The van der Waals surface area contributed by atoms with Gasteiger partial charge in [0.05, 0.1) is 11.5 Å². The molecule has 0 radical (unpaired) electrons. The van der Waals surface area contributed by atoms with E-state index in [9.17, 15) is 31.9 Å². The number of benzene rings is 2. The second-order valence-corrected chi connectivity index (χ2v) is 7.29. The van der Waals surface area contributed by atoms with Gasteiger partial charge in [-0.15, -0.1) is 0 Å². The highest BCUT2D eigenvalue weighted by Gasteiger charge is 2.36. The van der Waals surface area contributed by atoms with Crippen molar-refractivity contribution < 1.29 is 27.2 Å². The van der Waals surface area contributed by atoms with E-state index in [-0.39, 0.29) is 18.5 Å². The van der Waals surface area contributed by atoms with Crippen molar-refractivity contribution in [2.45, 2.75) is 39.4 Å². The molecule has 3 aromatic rings. The number of rotatable bonds is 5. The smallest absolute Gasteiger partial charge is 0.368 e. The Bertz CT molecular complexity index is 1270. The van der Waals surface area contributed by atoms with Gasteiger partial charge in [0, 0.05) is 28.2 Å². The summed E-state index contributed by atoms with van der Waals surface area (Å²) in [7, 11) is 0. The summed E-state index contributed by atoms with van der Waals surface area (Å²) in [5.74, 6) is -4.22. The predicted molar refractivity (Wildman–Crippen MR) is 117 cm³/mol. The molecule has 3 rings (SSSR count). The minimum Gasteiger partial charge on any atom is -0.368 e. The number of nitrogens with two attached hydrogens (primary N) is 1. The van der Waals surface area contributed by atoms with Gasteiger partial charge in [0.15, 0.2) is 0 Å². The van der Waals surface area contributed by atoms with Crippen molar-refractivity contribution in [3.63, 3.8) is 0 Å². The first kappa shape index (κ1) is 25.6. The number of anilines is 1. The van der Waals surface area contributed by atoms with Crippen LogP contribution in [0.3, 0.4) is 0 Å². The SMILES string of the molecule is C.CC(C(=O)Nc1cccc2c(=O)n([C@@H](C)C(N)=O)ccc12)c1cccc(C(F)(F)F)c1F. The first-order valence-electron chi connectivity index (χ1n) is 9.53.